The Labute approximate surface area is 93.1 Å². The average Bonchev–Trinajstić information content (AvgIpc) is 2.28. The first kappa shape index (κ1) is 10.6. The highest BCUT2D eigenvalue weighted by molar-refractivity contribution is 6.08. The molecule has 0 saturated heterocycles. The Balaban J connectivity index is 2.87. The minimum Gasteiger partial charge on any atom is -0.355 e. The first-order valence-corrected chi connectivity index (χ1v) is 5.05. The second-order valence-corrected chi connectivity index (χ2v) is 3.67. The van der Waals surface area contributed by atoms with E-state index in [1.165, 1.54) is 6.07 Å². The number of aryl methyl sites for hydroxylation is 1. The van der Waals surface area contributed by atoms with Gasteiger partial charge in [0.25, 0.3) is 5.91 Å². The molecule has 16 heavy (non-hydrogen) atoms. The summed E-state index contributed by atoms with van der Waals surface area (Å²) >= 11 is 0. The van der Waals surface area contributed by atoms with Gasteiger partial charge in [0.2, 0.25) is 0 Å². The molecule has 0 unspecified atom stereocenters. The van der Waals surface area contributed by atoms with E-state index in [-0.39, 0.29) is 11.7 Å². The lowest BCUT2D eigenvalue weighted by Crippen LogP contribution is -2.19. The molecule has 2 nitrogen and oxygen atoms in total. The van der Waals surface area contributed by atoms with Crippen LogP contribution in [0.1, 0.15) is 15.9 Å². The summed E-state index contributed by atoms with van der Waals surface area (Å²) in [6.45, 7) is 1.74. The number of halogens is 1. The van der Waals surface area contributed by atoms with Gasteiger partial charge in [-0.15, -0.1) is 0 Å². The van der Waals surface area contributed by atoms with Crippen molar-refractivity contribution >= 4 is 16.7 Å². The SMILES string of the molecule is CNC(=O)c1c(C)cc(F)c2ccccc12. The number of carbonyl (C=O) groups excluding carboxylic acids is 1. The second-order valence-electron chi connectivity index (χ2n) is 3.67. The summed E-state index contributed by atoms with van der Waals surface area (Å²) in [5.41, 5.74) is 1.19. The van der Waals surface area contributed by atoms with Gasteiger partial charge in [-0.2, -0.15) is 0 Å². The standard InChI is InChI=1S/C13H12FNO/c1-8-7-11(14)9-5-3-4-6-10(9)12(8)13(16)15-2/h3-7H,1-2H3,(H,15,16). The van der Waals surface area contributed by atoms with Gasteiger partial charge >= 0.3 is 0 Å². The molecule has 0 spiro atoms. The van der Waals surface area contributed by atoms with Gasteiger partial charge in [0.1, 0.15) is 5.82 Å². The van der Waals surface area contributed by atoms with Crippen LogP contribution in [0.5, 0.6) is 0 Å². The van der Waals surface area contributed by atoms with Gasteiger partial charge in [-0.1, -0.05) is 24.3 Å². The van der Waals surface area contributed by atoms with E-state index in [4.69, 9.17) is 0 Å². The second kappa shape index (κ2) is 3.93. The summed E-state index contributed by atoms with van der Waals surface area (Å²) < 4.78 is 13.7. The van der Waals surface area contributed by atoms with Crippen molar-refractivity contribution in [3.05, 3.63) is 47.3 Å². The number of amides is 1. The first-order valence-electron chi connectivity index (χ1n) is 5.05. The van der Waals surface area contributed by atoms with E-state index in [9.17, 15) is 9.18 Å². The maximum atomic E-state index is 13.7. The Hall–Kier alpha value is -1.90. The van der Waals surface area contributed by atoms with Crippen LogP contribution >= 0.6 is 0 Å². The molecule has 2 rings (SSSR count). The fourth-order valence-corrected chi connectivity index (χ4v) is 1.89. The third kappa shape index (κ3) is 1.54. The molecular weight excluding hydrogens is 205 g/mol. The molecule has 0 aliphatic carbocycles. The number of carbonyl (C=O) groups is 1. The Morgan fingerprint density at radius 2 is 1.88 bits per heavy atom. The summed E-state index contributed by atoms with van der Waals surface area (Å²) in [6.07, 6.45) is 0. The minimum atomic E-state index is -0.291. The van der Waals surface area contributed by atoms with Crippen molar-refractivity contribution in [1.82, 2.24) is 5.32 Å². The summed E-state index contributed by atoms with van der Waals surface area (Å²) in [5, 5.41) is 3.70. The van der Waals surface area contributed by atoms with Crippen molar-refractivity contribution in [3.8, 4) is 0 Å². The lowest BCUT2D eigenvalue weighted by atomic mass is 9.98. The molecule has 1 amide bonds. The maximum absolute atomic E-state index is 13.7. The average molecular weight is 217 g/mol. The van der Waals surface area contributed by atoms with Gasteiger partial charge in [-0.25, -0.2) is 4.39 Å². The summed E-state index contributed by atoms with van der Waals surface area (Å²) in [6, 6.07) is 8.39. The van der Waals surface area contributed by atoms with E-state index in [0.717, 1.165) is 0 Å². The van der Waals surface area contributed by atoms with E-state index < -0.39 is 0 Å². The molecule has 0 aliphatic heterocycles. The Morgan fingerprint density at radius 3 is 2.50 bits per heavy atom. The third-order valence-electron chi connectivity index (χ3n) is 2.65. The van der Waals surface area contributed by atoms with Crippen molar-refractivity contribution in [3.63, 3.8) is 0 Å². The van der Waals surface area contributed by atoms with Crippen LogP contribution in [0.3, 0.4) is 0 Å². The van der Waals surface area contributed by atoms with Gasteiger partial charge < -0.3 is 5.32 Å². The smallest absolute Gasteiger partial charge is 0.251 e. The zero-order chi connectivity index (χ0) is 11.7. The zero-order valence-electron chi connectivity index (χ0n) is 9.17. The lowest BCUT2D eigenvalue weighted by Gasteiger charge is -2.09. The highest BCUT2D eigenvalue weighted by Gasteiger charge is 2.14. The topological polar surface area (TPSA) is 29.1 Å². The van der Waals surface area contributed by atoms with Gasteiger partial charge in [0.05, 0.1) is 5.56 Å². The van der Waals surface area contributed by atoms with E-state index >= 15 is 0 Å². The molecule has 0 atom stereocenters. The molecule has 0 radical (unpaired) electrons. The van der Waals surface area contributed by atoms with Gasteiger partial charge in [-0.05, 0) is 23.9 Å². The number of hydrogen-bond donors (Lipinski definition) is 1. The Kier molecular flexibility index (Phi) is 2.60. The molecule has 2 aromatic rings. The predicted octanol–water partition coefficient (Wildman–Crippen LogP) is 2.65. The van der Waals surface area contributed by atoms with Crippen molar-refractivity contribution < 1.29 is 9.18 Å². The highest BCUT2D eigenvalue weighted by Crippen LogP contribution is 2.24. The van der Waals surface area contributed by atoms with E-state index in [1.807, 2.05) is 0 Å². The lowest BCUT2D eigenvalue weighted by molar-refractivity contribution is 0.0964. The van der Waals surface area contributed by atoms with Crippen molar-refractivity contribution in [1.29, 1.82) is 0 Å². The molecule has 1 N–H and O–H groups in total. The van der Waals surface area contributed by atoms with Crippen molar-refractivity contribution in [2.24, 2.45) is 0 Å². The first-order chi connectivity index (χ1) is 7.65. The Morgan fingerprint density at radius 1 is 1.25 bits per heavy atom. The summed E-state index contributed by atoms with van der Waals surface area (Å²) in [7, 11) is 1.57. The van der Waals surface area contributed by atoms with Crippen LogP contribution in [-0.2, 0) is 0 Å². The third-order valence-corrected chi connectivity index (χ3v) is 2.65. The molecule has 82 valence electrons. The van der Waals surface area contributed by atoms with Crippen LogP contribution in [0.2, 0.25) is 0 Å². The fraction of sp³-hybridized carbons (Fsp3) is 0.154. The van der Waals surface area contributed by atoms with Gasteiger partial charge in [-0.3, -0.25) is 4.79 Å². The molecular formula is C13H12FNO. The number of nitrogens with one attached hydrogen (secondary N) is 1. The van der Waals surface area contributed by atoms with Gasteiger partial charge in [0.15, 0.2) is 0 Å². The van der Waals surface area contributed by atoms with Crippen LogP contribution in [0.15, 0.2) is 30.3 Å². The maximum Gasteiger partial charge on any atom is 0.251 e. The van der Waals surface area contributed by atoms with Crippen LogP contribution < -0.4 is 5.32 Å². The predicted molar refractivity (Wildman–Crippen MR) is 62.0 cm³/mol. The van der Waals surface area contributed by atoms with E-state index in [1.54, 1.807) is 38.2 Å². The quantitative estimate of drug-likeness (QED) is 0.781. The normalized spacial score (nSPS) is 10.4. The number of hydrogen-bond acceptors (Lipinski definition) is 1. The fourth-order valence-electron chi connectivity index (χ4n) is 1.89. The largest absolute Gasteiger partial charge is 0.355 e. The van der Waals surface area contributed by atoms with Crippen molar-refractivity contribution in [2.75, 3.05) is 7.05 Å². The molecule has 0 aliphatic rings. The molecule has 0 aromatic heterocycles. The molecule has 0 saturated carbocycles. The zero-order valence-corrected chi connectivity index (χ0v) is 9.17. The minimum absolute atomic E-state index is 0.186. The van der Waals surface area contributed by atoms with E-state index in [2.05, 4.69) is 5.32 Å². The van der Waals surface area contributed by atoms with Crippen LogP contribution in [0.25, 0.3) is 10.8 Å². The van der Waals surface area contributed by atoms with Crippen LogP contribution in [-0.4, -0.2) is 13.0 Å². The number of fused-ring (bicyclic) bond motifs is 1. The van der Waals surface area contributed by atoms with Gasteiger partial charge in [0, 0.05) is 12.4 Å². The molecule has 0 fully saturated rings. The number of rotatable bonds is 1. The monoisotopic (exact) mass is 217 g/mol. The summed E-state index contributed by atoms with van der Waals surface area (Å²) in [4.78, 5) is 11.7. The number of benzene rings is 2. The highest BCUT2D eigenvalue weighted by atomic mass is 19.1. The Bertz CT molecular complexity index is 563. The van der Waals surface area contributed by atoms with E-state index in [0.29, 0.717) is 21.9 Å². The molecule has 2 aromatic carbocycles. The molecule has 3 heteroatoms. The van der Waals surface area contributed by atoms with Crippen LogP contribution in [0, 0.1) is 12.7 Å². The molecule has 0 bridgehead atoms. The van der Waals surface area contributed by atoms with Crippen molar-refractivity contribution in [2.45, 2.75) is 6.92 Å². The van der Waals surface area contributed by atoms with Crippen LogP contribution in [0.4, 0.5) is 4.39 Å². The molecule has 0 heterocycles. The summed E-state index contributed by atoms with van der Waals surface area (Å²) in [5.74, 6) is -0.477.